The summed E-state index contributed by atoms with van der Waals surface area (Å²) in [7, 11) is -3.60. The number of aliphatic hydroxyl groups is 1. The molecule has 0 aliphatic heterocycles. The summed E-state index contributed by atoms with van der Waals surface area (Å²) in [5.74, 6) is -0.468. The fourth-order valence-electron chi connectivity index (χ4n) is 3.88. The summed E-state index contributed by atoms with van der Waals surface area (Å²) in [5, 5.41) is 18.4. The number of hydrogen-bond acceptors (Lipinski definition) is 6. The van der Waals surface area contributed by atoms with Crippen LogP contribution in [0.25, 0.3) is 0 Å². The Bertz CT molecular complexity index is 888. The Labute approximate surface area is 159 Å². The highest BCUT2D eigenvalue weighted by Crippen LogP contribution is 2.43. The Kier molecular flexibility index (Phi) is 5.76. The number of hydrogen-bond donors (Lipinski definition) is 1. The van der Waals surface area contributed by atoms with Crippen LogP contribution in [0.1, 0.15) is 39.5 Å². The molecule has 1 aromatic carbocycles. The number of carbonyl (C=O) groups excluding carboxylic acids is 1. The average molecular weight is 391 g/mol. The number of allylic oxidation sites excluding steroid dienone is 2. The molecule has 0 heterocycles. The van der Waals surface area contributed by atoms with Gasteiger partial charge in [0, 0.05) is 24.9 Å². The first-order valence-electron chi connectivity index (χ1n) is 9.39. The second kappa shape index (κ2) is 7.90. The molecule has 1 saturated carbocycles. The second-order valence-corrected chi connectivity index (χ2v) is 8.82. The molecule has 2 atom stereocenters. The second-order valence-electron chi connectivity index (χ2n) is 6.88. The highest BCUT2D eigenvalue weighted by molar-refractivity contribution is 7.89. The van der Waals surface area contributed by atoms with Crippen molar-refractivity contribution >= 4 is 21.5 Å². The third kappa shape index (κ3) is 3.68. The first-order valence-corrected chi connectivity index (χ1v) is 10.8. The molecule has 1 aromatic rings. The molecule has 0 spiro atoms. The molecule has 2 aliphatic carbocycles. The first kappa shape index (κ1) is 19.7. The fourth-order valence-corrected chi connectivity index (χ4v) is 5.37. The normalized spacial score (nSPS) is 23.4. The molecule has 1 N–H and O–H groups in total. The van der Waals surface area contributed by atoms with Gasteiger partial charge in [0.25, 0.3) is 0 Å². The molecule has 146 valence electrons. The zero-order chi connectivity index (χ0) is 19.6. The molecule has 1 fully saturated rings. The van der Waals surface area contributed by atoms with Gasteiger partial charge in [0.1, 0.15) is 5.76 Å². The molecule has 27 heavy (non-hydrogen) atoms. The average Bonchev–Trinajstić information content (AvgIpc) is 2.92. The van der Waals surface area contributed by atoms with Gasteiger partial charge in [0.15, 0.2) is 11.5 Å². The van der Waals surface area contributed by atoms with E-state index in [2.05, 4.69) is 10.2 Å². The molecular formula is C19H25N3O4S. The van der Waals surface area contributed by atoms with Crippen molar-refractivity contribution < 1.29 is 18.3 Å². The van der Waals surface area contributed by atoms with E-state index in [1.165, 1.54) is 16.4 Å². The van der Waals surface area contributed by atoms with Crippen LogP contribution < -0.4 is 0 Å². The van der Waals surface area contributed by atoms with Crippen molar-refractivity contribution in [2.24, 2.45) is 22.1 Å². The van der Waals surface area contributed by atoms with Gasteiger partial charge in [-0.2, -0.15) is 9.42 Å². The van der Waals surface area contributed by atoms with Gasteiger partial charge >= 0.3 is 0 Å². The van der Waals surface area contributed by atoms with E-state index >= 15 is 0 Å². The summed E-state index contributed by atoms with van der Waals surface area (Å²) in [5.41, 5.74) is 0.343. The molecule has 0 aromatic heterocycles. The quantitative estimate of drug-likeness (QED) is 0.742. The minimum absolute atomic E-state index is 0.0175. The summed E-state index contributed by atoms with van der Waals surface area (Å²) in [6, 6.07) is 6.16. The van der Waals surface area contributed by atoms with E-state index in [0.29, 0.717) is 18.8 Å². The standard InChI is InChI=1S/C19H25N3O4S/c1-3-22(4-2)27(25,26)14-9-7-8-13(12-14)20-21-17-18(23)15-10-5-6-11-16(15)19(17)24/h7-9,12,15-16,23H,3-6,10-11H2,1-2H3. The molecule has 2 aliphatic rings. The topological polar surface area (TPSA) is 99.4 Å². The summed E-state index contributed by atoms with van der Waals surface area (Å²) in [6.45, 7) is 4.32. The van der Waals surface area contributed by atoms with Crippen molar-refractivity contribution in [1.29, 1.82) is 0 Å². The lowest BCUT2D eigenvalue weighted by atomic mass is 9.80. The van der Waals surface area contributed by atoms with E-state index in [1.54, 1.807) is 26.0 Å². The number of sulfonamides is 1. The number of benzene rings is 1. The number of aliphatic hydroxyl groups excluding tert-OH is 1. The van der Waals surface area contributed by atoms with Crippen LogP contribution in [0.15, 0.2) is 50.8 Å². The van der Waals surface area contributed by atoms with Gasteiger partial charge in [0.05, 0.1) is 10.6 Å². The summed E-state index contributed by atoms with van der Waals surface area (Å²) >= 11 is 0. The predicted molar refractivity (Wildman–Crippen MR) is 101 cm³/mol. The van der Waals surface area contributed by atoms with Crippen molar-refractivity contribution in [1.82, 2.24) is 4.31 Å². The van der Waals surface area contributed by atoms with E-state index in [-0.39, 0.29) is 34.0 Å². The maximum atomic E-state index is 12.6. The Balaban J connectivity index is 1.87. The van der Waals surface area contributed by atoms with Gasteiger partial charge in [-0.15, -0.1) is 5.11 Å². The van der Waals surface area contributed by atoms with E-state index in [1.807, 2.05) is 0 Å². The maximum Gasteiger partial charge on any atom is 0.243 e. The third-order valence-electron chi connectivity index (χ3n) is 5.36. The first-order chi connectivity index (χ1) is 12.9. The van der Waals surface area contributed by atoms with Crippen LogP contribution >= 0.6 is 0 Å². The smallest absolute Gasteiger partial charge is 0.243 e. The van der Waals surface area contributed by atoms with Gasteiger partial charge in [-0.3, -0.25) is 4.79 Å². The maximum absolute atomic E-state index is 12.6. The Morgan fingerprint density at radius 3 is 2.41 bits per heavy atom. The molecule has 0 saturated heterocycles. The SMILES string of the molecule is CCN(CC)S(=O)(=O)c1cccc(N=NC2=C(O)C3CCCCC3C2=O)c1. The van der Waals surface area contributed by atoms with Crippen LogP contribution in [0.3, 0.4) is 0 Å². The van der Waals surface area contributed by atoms with Crippen molar-refractivity contribution in [3.05, 3.63) is 35.7 Å². The monoisotopic (exact) mass is 391 g/mol. The van der Waals surface area contributed by atoms with Crippen molar-refractivity contribution in [3.63, 3.8) is 0 Å². The zero-order valence-electron chi connectivity index (χ0n) is 15.6. The minimum atomic E-state index is -3.60. The van der Waals surface area contributed by atoms with Crippen LogP contribution in [0.5, 0.6) is 0 Å². The van der Waals surface area contributed by atoms with Crippen LogP contribution in [0.2, 0.25) is 0 Å². The van der Waals surface area contributed by atoms with Crippen LogP contribution in [0.4, 0.5) is 5.69 Å². The number of carbonyl (C=O) groups is 1. The summed E-state index contributed by atoms with van der Waals surface area (Å²) < 4.78 is 26.6. The largest absolute Gasteiger partial charge is 0.510 e. The summed E-state index contributed by atoms with van der Waals surface area (Å²) in [4.78, 5) is 12.6. The Morgan fingerprint density at radius 1 is 1.11 bits per heavy atom. The summed E-state index contributed by atoms with van der Waals surface area (Å²) in [6.07, 6.45) is 3.53. The van der Waals surface area contributed by atoms with Crippen LogP contribution in [-0.4, -0.2) is 36.7 Å². The molecule has 0 amide bonds. The molecular weight excluding hydrogens is 366 g/mol. The number of Topliss-reactive ketones (excluding diaryl/α,β-unsaturated/α-hetero) is 1. The molecule has 3 rings (SSSR count). The van der Waals surface area contributed by atoms with E-state index in [9.17, 15) is 18.3 Å². The van der Waals surface area contributed by atoms with E-state index < -0.39 is 10.0 Å². The molecule has 8 heteroatoms. The predicted octanol–water partition coefficient (Wildman–Crippen LogP) is 3.96. The van der Waals surface area contributed by atoms with Crippen molar-refractivity contribution in [3.8, 4) is 0 Å². The van der Waals surface area contributed by atoms with Crippen molar-refractivity contribution in [2.45, 2.75) is 44.4 Å². The Hall–Kier alpha value is -2.06. The number of rotatable bonds is 6. The fraction of sp³-hybridized carbons (Fsp3) is 0.526. The van der Waals surface area contributed by atoms with Gasteiger partial charge < -0.3 is 5.11 Å². The Morgan fingerprint density at radius 2 is 1.78 bits per heavy atom. The molecule has 0 radical (unpaired) electrons. The number of ketones is 1. The van der Waals surface area contributed by atoms with Gasteiger partial charge in [-0.05, 0) is 31.0 Å². The molecule has 0 bridgehead atoms. The lowest BCUT2D eigenvalue weighted by Crippen LogP contribution is -2.30. The molecule has 2 unspecified atom stereocenters. The van der Waals surface area contributed by atoms with E-state index in [0.717, 1.165) is 25.7 Å². The zero-order valence-corrected chi connectivity index (χ0v) is 16.4. The number of nitrogens with zero attached hydrogens (tertiary/aromatic N) is 3. The highest BCUT2D eigenvalue weighted by atomic mass is 32.2. The minimum Gasteiger partial charge on any atom is -0.510 e. The van der Waals surface area contributed by atoms with E-state index in [4.69, 9.17) is 0 Å². The van der Waals surface area contributed by atoms with Crippen LogP contribution in [0, 0.1) is 11.8 Å². The van der Waals surface area contributed by atoms with Gasteiger partial charge in [-0.25, -0.2) is 8.42 Å². The lowest BCUT2D eigenvalue weighted by molar-refractivity contribution is -0.120. The number of fused-ring (bicyclic) bond motifs is 1. The van der Waals surface area contributed by atoms with Gasteiger partial charge in [0.2, 0.25) is 10.0 Å². The highest BCUT2D eigenvalue weighted by Gasteiger charge is 2.43. The third-order valence-corrected chi connectivity index (χ3v) is 7.40. The number of azo groups is 1. The van der Waals surface area contributed by atoms with Crippen molar-refractivity contribution in [2.75, 3.05) is 13.1 Å². The van der Waals surface area contributed by atoms with Gasteiger partial charge in [-0.1, -0.05) is 32.8 Å². The lowest BCUT2D eigenvalue weighted by Gasteiger charge is -2.23. The van der Waals surface area contributed by atoms with Crippen LogP contribution in [-0.2, 0) is 14.8 Å². The molecule has 7 nitrogen and oxygen atoms in total.